The van der Waals surface area contributed by atoms with Crippen LogP contribution in [0.5, 0.6) is 0 Å². The zero-order valence-electron chi connectivity index (χ0n) is 5.46. The Morgan fingerprint density at radius 3 is 2.22 bits per heavy atom. The van der Waals surface area contributed by atoms with Crippen LogP contribution in [-0.4, -0.2) is 0 Å². The average molecular weight is 120 g/mol. The normalized spacial score (nSPS) is 9.44. The van der Waals surface area contributed by atoms with Gasteiger partial charge in [0.05, 0.1) is 0 Å². The fourth-order valence-corrected chi connectivity index (χ4v) is 0.688. The standard InChI is InChI=1S/C8H10N/c1-2-7-3-5-8(9)6-4-7/h2-6H,9H2,1H3. The van der Waals surface area contributed by atoms with E-state index in [1.807, 2.05) is 37.6 Å². The second-order valence-electron chi connectivity index (χ2n) is 1.96. The number of nitrogens with two attached hydrogens (primary N) is 1. The molecule has 1 radical (unpaired) electrons. The van der Waals surface area contributed by atoms with Crippen molar-refractivity contribution in [2.24, 2.45) is 0 Å². The van der Waals surface area contributed by atoms with Crippen molar-refractivity contribution in [1.29, 1.82) is 0 Å². The maximum Gasteiger partial charge on any atom is 0.0314 e. The van der Waals surface area contributed by atoms with Crippen LogP contribution < -0.4 is 5.73 Å². The lowest BCUT2D eigenvalue weighted by Crippen LogP contribution is -1.83. The summed E-state index contributed by atoms with van der Waals surface area (Å²) in [5, 5.41) is 0. The van der Waals surface area contributed by atoms with Crippen molar-refractivity contribution in [3.63, 3.8) is 0 Å². The van der Waals surface area contributed by atoms with Crippen molar-refractivity contribution < 1.29 is 0 Å². The highest BCUT2D eigenvalue weighted by molar-refractivity contribution is 5.40. The first kappa shape index (κ1) is 6.14. The van der Waals surface area contributed by atoms with Crippen molar-refractivity contribution in [2.75, 3.05) is 5.73 Å². The maximum atomic E-state index is 5.47. The van der Waals surface area contributed by atoms with E-state index in [-0.39, 0.29) is 0 Å². The van der Waals surface area contributed by atoms with Crippen molar-refractivity contribution in [2.45, 2.75) is 6.92 Å². The molecule has 1 aromatic carbocycles. The summed E-state index contributed by atoms with van der Waals surface area (Å²) in [6.45, 7) is 2.01. The average Bonchev–Trinajstić information content (AvgIpc) is 1.90. The largest absolute Gasteiger partial charge is 0.399 e. The number of hydrogen-bond donors (Lipinski definition) is 1. The fourth-order valence-electron chi connectivity index (χ4n) is 0.688. The number of hydrogen-bond acceptors (Lipinski definition) is 1. The van der Waals surface area contributed by atoms with Crippen molar-refractivity contribution in [1.82, 2.24) is 0 Å². The van der Waals surface area contributed by atoms with Gasteiger partial charge in [0.15, 0.2) is 0 Å². The molecule has 0 saturated heterocycles. The molecular weight excluding hydrogens is 110 g/mol. The smallest absolute Gasteiger partial charge is 0.0314 e. The van der Waals surface area contributed by atoms with E-state index in [2.05, 4.69) is 0 Å². The first-order chi connectivity index (χ1) is 4.33. The summed E-state index contributed by atoms with van der Waals surface area (Å²) >= 11 is 0. The number of benzene rings is 1. The Hall–Kier alpha value is -0.980. The van der Waals surface area contributed by atoms with E-state index in [4.69, 9.17) is 5.73 Å². The second-order valence-corrected chi connectivity index (χ2v) is 1.96. The molecule has 0 atom stereocenters. The van der Waals surface area contributed by atoms with Gasteiger partial charge >= 0.3 is 0 Å². The minimum atomic E-state index is 0.820. The number of nitrogen functional groups attached to an aromatic ring is 1. The van der Waals surface area contributed by atoms with Gasteiger partial charge in [0.25, 0.3) is 0 Å². The van der Waals surface area contributed by atoms with E-state index in [1.54, 1.807) is 0 Å². The summed E-state index contributed by atoms with van der Waals surface area (Å²) in [6, 6.07) is 7.79. The Kier molecular flexibility index (Phi) is 1.73. The second kappa shape index (κ2) is 2.53. The van der Waals surface area contributed by atoms with Crippen LogP contribution >= 0.6 is 0 Å². The van der Waals surface area contributed by atoms with Gasteiger partial charge in [0.1, 0.15) is 0 Å². The highest BCUT2D eigenvalue weighted by atomic mass is 14.5. The molecule has 0 bridgehead atoms. The van der Waals surface area contributed by atoms with Gasteiger partial charge in [-0.25, -0.2) is 0 Å². The van der Waals surface area contributed by atoms with Crippen LogP contribution in [0.15, 0.2) is 24.3 Å². The molecule has 1 rings (SSSR count). The van der Waals surface area contributed by atoms with Crippen LogP contribution in [0.2, 0.25) is 0 Å². The Labute approximate surface area is 55.5 Å². The summed E-state index contributed by atoms with van der Waals surface area (Å²) in [7, 11) is 0. The Morgan fingerprint density at radius 2 is 1.78 bits per heavy atom. The minimum absolute atomic E-state index is 0.820. The summed E-state index contributed by atoms with van der Waals surface area (Å²) in [5.74, 6) is 0. The first-order valence-electron chi connectivity index (χ1n) is 2.98. The SMILES string of the molecule is C[CH]c1ccc(N)cc1. The van der Waals surface area contributed by atoms with Gasteiger partial charge in [-0.05, 0) is 24.1 Å². The highest BCUT2D eigenvalue weighted by Gasteiger charge is 1.85. The Bertz CT molecular complexity index is 176. The molecule has 0 heterocycles. The predicted molar refractivity (Wildman–Crippen MR) is 39.9 cm³/mol. The lowest BCUT2D eigenvalue weighted by Gasteiger charge is -1.94. The van der Waals surface area contributed by atoms with E-state index >= 15 is 0 Å². The van der Waals surface area contributed by atoms with Crippen LogP contribution in [0, 0.1) is 6.42 Å². The molecule has 0 spiro atoms. The van der Waals surface area contributed by atoms with Crippen molar-refractivity contribution >= 4 is 5.69 Å². The molecule has 47 valence electrons. The van der Waals surface area contributed by atoms with Gasteiger partial charge in [-0.3, -0.25) is 0 Å². The van der Waals surface area contributed by atoms with Gasteiger partial charge in [-0.15, -0.1) is 0 Å². The monoisotopic (exact) mass is 120 g/mol. The van der Waals surface area contributed by atoms with Crippen LogP contribution in [0.3, 0.4) is 0 Å². The van der Waals surface area contributed by atoms with Gasteiger partial charge < -0.3 is 5.73 Å². The van der Waals surface area contributed by atoms with Crippen LogP contribution in [-0.2, 0) is 0 Å². The minimum Gasteiger partial charge on any atom is -0.399 e. The van der Waals surface area contributed by atoms with E-state index in [1.165, 1.54) is 5.56 Å². The molecule has 0 aliphatic carbocycles. The molecule has 1 nitrogen and oxygen atoms in total. The Balaban J connectivity index is 2.88. The molecular formula is C8H10N. The third-order valence-electron chi connectivity index (χ3n) is 1.27. The van der Waals surface area contributed by atoms with E-state index in [0.29, 0.717) is 0 Å². The molecule has 1 aromatic rings. The number of anilines is 1. The lowest BCUT2D eigenvalue weighted by molar-refractivity contribution is 1.43. The van der Waals surface area contributed by atoms with Gasteiger partial charge in [-0.2, -0.15) is 0 Å². The lowest BCUT2D eigenvalue weighted by atomic mass is 10.2. The highest BCUT2D eigenvalue weighted by Crippen LogP contribution is 2.05. The molecule has 9 heavy (non-hydrogen) atoms. The molecule has 0 unspecified atom stereocenters. The molecule has 0 saturated carbocycles. The van der Waals surface area contributed by atoms with Crippen molar-refractivity contribution in [3.05, 3.63) is 36.2 Å². The van der Waals surface area contributed by atoms with E-state index in [9.17, 15) is 0 Å². The molecule has 1 heteroatoms. The van der Waals surface area contributed by atoms with Gasteiger partial charge in [0, 0.05) is 5.69 Å². The van der Waals surface area contributed by atoms with Crippen LogP contribution in [0.4, 0.5) is 5.69 Å². The quantitative estimate of drug-likeness (QED) is 0.562. The third-order valence-corrected chi connectivity index (χ3v) is 1.27. The summed E-state index contributed by atoms with van der Waals surface area (Å²) in [6.07, 6.45) is 2.04. The molecule has 0 aliphatic heterocycles. The molecule has 0 amide bonds. The van der Waals surface area contributed by atoms with Gasteiger partial charge in [0.2, 0.25) is 0 Å². The first-order valence-corrected chi connectivity index (χ1v) is 2.98. The zero-order chi connectivity index (χ0) is 6.69. The van der Waals surface area contributed by atoms with Crippen LogP contribution in [0.1, 0.15) is 12.5 Å². The Morgan fingerprint density at radius 1 is 1.22 bits per heavy atom. The molecule has 0 fully saturated rings. The van der Waals surface area contributed by atoms with Gasteiger partial charge in [-0.1, -0.05) is 19.1 Å². The third kappa shape index (κ3) is 1.46. The summed E-state index contributed by atoms with van der Waals surface area (Å²) in [4.78, 5) is 0. The molecule has 0 aromatic heterocycles. The fraction of sp³-hybridized carbons (Fsp3) is 0.125. The summed E-state index contributed by atoms with van der Waals surface area (Å²) in [5.41, 5.74) is 7.50. The zero-order valence-corrected chi connectivity index (χ0v) is 5.46. The van der Waals surface area contributed by atoms with E-state index < -0.39 is 0 Å². The van der Waals surface area contributed by atoms with Crippen LogP contribution in [0.25, 0.3) is 0 Å². The molecule has 2 N–H and O–H groups in total. The molecule has 0 aliphatic rings. The predicted octanol–water partition coefficient (Wildman–Crippen LogP) is 1.84. The van der Waals surface area contributed by atoms with Crippen molar-refractivity contribution in [3.8, 4) is 0 Å². The maximum absolute atomic E-state index is 5.47. The topological polar surface area (TPSA) is 26.0 Å². The van der Waals surface area contributed by atoms with E-state index in [0.717, 1.165) is 5.69 Å². The number of rotatable bonds is 1. The summed E-state index contributed by atoms with van der Waals surface area (Å²) < 4.78 is 0.